The minimum Gasteiger partial charge on any atom is -0.496 e. The molecule has 2 rings (SSSR count). The number of nitrogen functional groups attached to an aromatic ring is 1. The van der Waals surface area contributed by atoms with Gasteiger partial charge in [0.05, 0.1) is 23.7 Å². The van der Waals surface area contributed by atoms with Crippen LogP contribution in [0.1, 0.15) is 11.1 Å². The second-order valence-electron chi connectivity index (χ2n) is 4.38. The van der Waals surface area contributed by atoms with Crippen molar-refractivity contribution in [3.8, 4) is 5.75 Å². The molecule has 2 aromatic carbocycles. The summed E-state index contributed by atoms with van der Waals surface area (Å²) in [6, 6.07) is 13.1. The van der Waals surface area contributed by atoms with Gasteiger partial charge in [-0.05, 0) is 30.7 Å². The van der Waals surface area contributed by atoms with Gasteiger partial charge >= 0.3 is 0 Å². The Balaban J connectivity index is 2.24. The maximum absolute atomic E-state index is 12.3. The van der Waals surface area contributed by atoms with Crippen LogP contribution in [0.4, 0.5) is 5.69 Å². The third-order valence-electron chi connectivity index (χ3n) is 2.85. The number of hydrogen-bond acceptors (Lipinski definition) is 3. The lowest BCUT2D eigenvalue weighted by molar-refractivity contribution is 0.411. The first-order valence-corrected chi connectivity index (χ1v) is 7.29. The minimum absolute atomic E-state index is 0.424. The molecule has 0 aliphatic heterocycles. The van der Waals surface area contributed by atoms with Gasteiger partial charge in [-0.2, -0.15) is 0 Å². The Morgan fingerprint density at radius 2 is 2.00 bits per heavy atom. The minimum atomic E-state index is -1.08. The van der Waals surface area contributed by atoms with Crippen LogP contribution >= 0.6 is 0 Å². The first-order chi connectivity index (χ1) is 9.10. The number of aryl methyl sites for hydroxylation is 1. The maximum Gasteiger partial charge on any atom is 0.125 e. The van der Waals surface area contributed by atoms with E-state index in [1.54, 1.807) is 19.2 Å². The fraction of sp³-hybridized carbons (Fsp3) is 0.200. The molecule has 0 saturated carbocycles. The van der Waals surface area contributed by atoms with Gasteiger partial charge in [0.1, 0.15) is 5.75 Å². The largest absolute Gasteiger partial charge is 0.496 e. The predicted octanol–water partition coefficient (Wildman–Crippen LogP) is 2.89. The molecule has 19 heavy (non-hydrogen) atoms. The van der Waals surface area contributed by atoms with Crippen molar-refractivity contribution in [2.24, 2.45) is 0 Å². The van der Waals surface area contributed by atoms with Crippen LogP contribution in [-0.4, -0.2) is 11.3 Å². The number of methoxy groups -OCH3 is 1. The van der Waals surface area contributed by atoms with Gasteiger partial charge in [-0.1, -0.05) is 18.2 Å². The third kappa shape index (κ3) is 3.35. The molecular weight excluding hydrogens is 258 g/mol. The lowest BCUT2D eigenvalue weighted by Gasteiger charge is -2.09. The highest BCUT2D eigenvalue weighted by Crippen LogP contribution is 2.24. The van der Waals surface area contributed by atoms with Crippen molar-refractivity contribution in [3.05, 3.63) is 53.6 Å². The van der Waals surface area contributed by atoms with Gasteiger partial charge in [-0.25, -0.2) is 0 Å². The summed E-state index contributed by atoms with van der Waals surface area (Å²) in [4.78, 5) is 0.832. The van der Waals surface area contributed by atoms with E-state index in [0.717, 1.165) is 16.0 Å². The van der Waals surface area contributed by atoms with E-state index < -0.39 is 10.8 Å². The maximum atomic E-state index is 12.3. The molecule has 0 bridgehead atoms. The lowest BCUT2D eigenvalue weighted by atomic mass is 10.2. The number of nitrogens with two attached hydrogens (primary N) is 1. The number of ether oxygens (including phenoxy) is 1. The SMILES string of the molecule is COc1cc(N)ccc1CS(=O)c1cccc(C)c1. The molecule has 100 valence electrons. The summed E-state index contributed by atoms with van der Waals surface area (Å²) in [5, 5.41) is 0. The van der Waals surface area contributed by atoms with E-state index in [2.05, 4.69) is 0 Å². The molecule has 0 aliphatic carbocycles. The summed E-state index contributed by atoms with van der Waals surface area (Å²) < 4.78 is 17.6. The Morgan fingerprint density at radius 1 is 1.21 bits per heavy atom. The number of benzene rings is 2. The smallest absolute Gasteiger partial charge is 0.125 e. The van der Waals surface area contributed by atoms with Crippen molar-refractivity contribution in [1.29, 1.82) is 0 Å². The van der Waals surface area contributed by atoms with Crippen LogP contribution in [0.2, 0.25) is 0 Å². The fourth-order valence-electron chi connectivity index (χ4n) is 1.86. The van der Waals surface area contributed by atoms with Crippen molar-refractivity contribution in [2.45, 2.75) is 17.6 Å². The highest BCUT2D eigenvalue weighted by atomic mass is 32.2. The molecule has 1 unspecified atom stereocenters. The quantitative estimate of drug-likeness (QED) is 0.873. The Bertz CT molecular complexity index is 611. The van der Waals surface area contributed by atoms with Crippen molar-refractivity contribution >= 4 is 16.5 Å². The van der Waals surface area contributed by atoms with Crippen molar-refractivity contribution in [3.63, 3.8) is 0 Å². The molecule has 0 amide bonds. The third-order valence-corrected chi connectivity index (χ3v) is 4.20. The summed E-state index contributed by atoms with van der Waals surface area (Å²) in [6.07, 6.45) is 0. The van der Waals surface area contributed by atoms with Gasteiger partial charge in [0.2, 0.25) is 0 Å². The number of rotatable bonds is 4. The van der Waals surface area contributed by atoms with Gasteiger partial charge in [-0.3, -0.25) is 4.21 Å². The molecule has 2 aromatic rings. The summed E-state index contributed by atoms with van der Waals surface area (Å²) in [5.74, 6) is 1.11. The second-order valence-corrected chi connectivity index (χ2v) is 5.83. The number of anilines is 1. The van der Waals surface area contributed by atoms with Crippen LogP contribution in [0.3, 0.4) is 0 Å². The molecule has 0 aliphatic rings. The van der Waals surface area contributed by atoms with Crippen LogP contribution in [0.5, 0.6) is 5.75 Å². The molecular formula is C15H17NO2S. The standard InChI is InChI=1S/C15H17NO2S/c1-11-4-3-5-14(8-11)19(17)10-12-6-7-13(16)9-15(12)18-2/h3-9H,10,16H2,1-2H3. The topological polar surface area (TPSA) is 52.3 Å². The van der Waals surface area contributed by atoms with Crippen LogP contribution in [-0.2, 0) is 16.6 Å². The first kappa shape index (κ1) is 13.6. The fourth-order valence-corrected chi connectivity index (χ4v) is 3.10. The van der Waals surface area contributed by atoms with Crippen molar-refractivity contribution in [2.75, 3.05) is 12.8 Å². The molecule has 0 saturated heterocycles. The second kappa shape index (κ2) is 5.89. The molecule has 0 heterocycles. The Labute approximate surface area is 115 Å². The van der Waals surface area contributed by atoms with E-state index in [0.29, 0.717) is 17.2 Å². The summed E-state index contributed by atoms with van der Waals surface area (Å²) in [6.45, 7) is 1.99. The Hall–Kier alpha value is -1.81. The Kier molecular flexibility index (Phi) is 4.22. The van der Waals surface area contributed by atoms with Crippen LogP contribution in [0.25, 0.3) is 0 Å². The average molecular weight is 275 g/mol. The molecule has 0 spiro atoms. The normalized spacial score (nSPS) is 12.1. The van der Waals surface area contributed by atoms with Gasteiger partial charge in [0.25, 0.3) is 0 Å². The number of hydrogen-bond donors (Lipinski definition) is 1. The molecule has 0 radical (unpaired) electrons. The van der Waals surface area contributed by atoms with E-state index in [4.69, 9.17) is 10.5 Å². The van der Waals surface area contributed by atoms with Gasteiger partial charge in [0, 0.05) is 22.2 Å². The van der Waals surface area contributed by atoms with Crippen molar-refractivity contribution in [1.82, 2.24) is 0 Å². The summed E-state index contributed by atoms with van der Waals surface area (Å²) >= 11 is 0. The highest BCUT2D eigenvalue weighted by molar-refractivity contribution is 7.84. The van der Waals surface area contributed by atoms with Crippen LogP contribution in [0, 0.1) is 6.92 Å². The zero-order chi connectivity index (χ0) is 13.8. The van der Waals surface area contributed by atoms with E-state index in [1.165, 1.54) is 0 Å². The zero-order valence-corrected chi connectivity index (χ0v) is 11.9. The highest BCUT2D eigenvalue weighted by Gasteiger charge is 2.10. The predicted molar refractivity (Wildman–Crippen MR) is 78.7 cm³/mol. The molecule has 3 nitrogen and oxygen atoms in total. The molecule has 1 atom stereocenters. The van der Waals surface area contributed by atoms with E-state index >= 15 is 0 Å². The van der Waals surface area contributed by atoms with E-state index in [9.17, 15) is 4.21 Å². The summed E-state index contributed by atoms with van der Waals surface area (Å²) in [5.41, 5.74) is 8.36. The molecule has 0 aromatic heterocycles. The van der Waals surface area contributed by atoms with E-state index in [-0.39, 0.29) is 0 Å². The molecule has 2 N–H and O–H groups in total. The van der Waals surface area contributed by atoms with Crippen LogP contribution in [0.15, 0.2) is 47.4 Å². The van der Waals surface area contributed by atoms with Gasteiger partial charge in [0.15, 0.2) is 0 Å². The van der Waals surface area contributed by atoms with E-state index in [1.807, 2.05) is 37.3 Å². The monoisotopic (exact) mass is 275 g/mol. The summed E-state index contributed by atoms with van der Waals surface area (Å²) in [7, 11) is 0.507. The average Bonchev–Trinajstić information content (AvgIpc) is 2.40. The first-order valence-electron chi connectivity index (χ1n) is 5.97. The van der Waals surface area contributed by atoms with Crippen molar-refractivity contribution < 1.29 is 8.95 Å². The van der Waals surface area contributed by atoms with Gasteiger partial charge < -0.3 is 10.5 Å². The lowest BCUT2D eigenvalue weighted by Crippen LogP contribution is -2.00. The Morgan fingerprint density at radius 3 is 2.68 bits per heavy atom. The molecule has 0 fully saturated rings. The zero-order valence-electron chi connectivity index (χ0n) is 11.1. The van der Waals surface area contributed by atoms with Crippen LogP contribution < -0.4 is 10.5 Å². The van der Waals surface area contributed by atoms with Gasteiger partial charge in [-0.15, -0.1) is 0 Å². The molecule has 4 heteroatoms.